The molecule has 0 aromatic heterocycles. The van der Waals surface area contributed by atoms with E-state index in [0.717, 1.165) is 11.3 Å². The van der Waals surface area contributed by atoms with E-state index in [2.05, 4.69) is 0 Å². The third kappa shape index (κ3) is 2.23. The van der Waals surface area contributed by atoms with Gasteiger partial charge in [0.15, 0.2) is 0 Å². The molecule has 1 N–H and O–H groups in total. The van der Waals surface area contributed by atoms with Crippen LogP contribution in [0.25, 0.3) is 0 Å². The van der Waals surface area contributed by atoms with Crippen molar-refractivity contribution in [2.24, 2.45) is 0 Å². The first-order chi connectivity index (χ1) is 9.69. The lowest BCUT2D eigenvalue weighted by molar-refractivity contribution is 0.0641. The Bertz CT molecular complexity index is 627. The van der Waals surface area contributed by atoms with Crippen LogP contribution in [0.15, 0.2) is 42.5 Å². The van der Waals surface area contributed by atoms with E-state index in [9.17, 15) is 9.50 Å². The number of para-hydroxylation sites is 1. The lowest BCUT2D eigenvalue weighted by Crippen LogP contribution is -2.19. The normalized spacial score (nSPS) is 20.9. The number of hydrogen-bond donors (Lipinski definition) is 1. The minimum atomic E-state index is -0.746. The molecule has 2 aromatic rings. The third-order valence-electron chi connectivity index (χ3n) is 3.52. The molecule has 4 heteroatoms. The number of ether oxygens (including phenoxy) is 2. The van der Waals surface area contributed by atoms with Crippen molar-refractivity contribution in [1.29, 1.82) is 0 Å². The van der Waals surface area contributed by atoms with Crippen molar-refractivity contribution in [2.75, 3.05) is 7.11 Å². The molecular weight excluding hydrogens is 259 g/mol. The Morgan fingerprint density at radius 3 is 2.80 bits per heavy atom. The molecule has 3 nitrogen and oxygen atoms in total. The van der Waals surface area contributed by atoms with Gasteiger partial charge in [-0.15, -0.1) is 0 Å². The van der Waals surface area contributed by atoms with Crippen molar-refractivity contribution >= 4 is 0 Å². The van der Waals surface area contributed by atoms with Crippen LogP contribution in [0.3, 0.4) is 0 Å². The molecule has 0 amide bonds. The van der Waals surface area contributed by atoms with Crippen molar-refractivity contribution in [3.8, 4) is 11.5 Å². The van der Waals surface area contributed by atoms with Crippen molar-refractivity contribution in [1.82, 2.24) is 0 Å². The third-order valence-corrected chi connectivity index (χ3v) is 3.52. The van der Waals surface area contributed by atoms with Crippen LogP contribution in [-0.2, 0) is 0 Å². The second-order valence-corrected chi connectivity index (χ2v) is 4.78. The van der Waals surface area contributed by atoms with Crippen molar-refractivity contribution in [3.05, 3.63) is 59.4 Å². The van der Waals surface area contributed by atoms with Gasteiger partial charge in [-0.1, -0.05) is 18.2 Å². The van der Waals surface area contributed by atoms with Gasteiger partial charge in [-0.25, -0.2) is 4.39 Å². The maximum Gasteiger partial charge on any atom is 0.130 e. The summed E-state index contributed by atoms with van der Waals surface area (Å²) in [6.45, 7) is 0. The Labute approximate surface area is 116 Å². The first-order valence-electron chi connectivity index (χ1n) is 6.46. The molecule has 0 radical (unpaired) electrons. The van der Waals surface area contributed by atoms with Crippen molar-refractivity contribution < 1.29 is 19.0 Å². The molecule has 1 unspecified atom stereocenters. The molecule has 1 heterocycles. The van der Waals surface area contributed by atoms with Crippen LogP contribution in [0.1, 0.15) is 29.8 Å². The molecule has 2 atom stereocenters. The average Bonchev–Trinajstić information content (AvgIpc) is 2.47. The van der Waals surface area contributed by atoms with Crippen LogP contribution in [0.5, 0.6) is 11.5 Å². The summed E-state index contributed by atoms with van der Waals surface area (Å²) in [6, 6.07) is 11.7. The van der Waals surface area contributed by atoms with Gasteiger partial charge < -0.3 is 14.6 Å². The van der Waals surface area contributed by atoms with E-state index in [0.29, 0.717) is 17.7 Å². The molecule has 2 aromatic carbocycles. The molecule has 0 saturated carbocycles. The van der Waals surface area contributed by atoms with Gasteiger partial charge in [-0.3, -0.25) is 0 Å². The van der Waals surface area contributed by atoms with Crippen molar-refractivity contribution in [3.63, 3.8) is 0 Å². The lowest BCUT2D eigenvalue weighted by Gasteiger charge is -2.30. The summed E-state index contributed by atoms with van der Waals surface area (Å²) < 4.78 is 24.4. The number of aliphatic hydroxyl groups excluding tert-OH is 1. The fraction of sp³-hybridized carbons (Fsp3) is 0.250. The van der Waals surface area contributed by atoms with Crippen LogP contribution < -0.4 is 9.47 Å². The second kappa shape index (κ2) is 5.13. The Balaban J connectivity index is 1.97. The first-order valence-corrected chi connectivity index (χ1v) is 6.46. The SMILES string of the molecule is COc1ccccc1C1C[C@H](O)c2cc(F)ccc2O1. The van der Waals surface area contributed by atoms with Gasteiger partial charge in [0, 0.05) is 17.5 Å². The van der Waals surface area contributed by atoms with Crippen LogP contribution in [-0.4, -0.2) is 12.2 Å². The van der Waals surface area contributed by atoms with E-state index in [1.165, 1.54) is 12.1 Å². The molecule has 0 spiro atoms. The Morgan fingerprint density at radius 2 is 2.00 bits per heavy atom. The Hall–Kier alpha value is -2.07. The van der Waals surface area contributed by atoms with Gasteiger partial charge in [-0.2, -0.15) is 0 Å². The fourth-order valence-electron chi connectivity index (χ4n) is 2.54. The zero-order valence-electron chi connectivity index (χ0n) is 11.0. The lowest BCUT2D eigenvalue weighted by atomic mass is 9.94. The second-order valence-electron chi connectivity index (χ2n) is 4.78. The van der Waals surface area contributed by atoms with Gasteiger partial charge in [-0.05, 0) is 24.3 Å². The van der Waals surface area contributed by atoms with Crippen molar-refractivity contribution in [2.45, 2.75) is 18.6 Å². The fourth-order valence-corrected chi connectivity index (χ4v) is 2.54. The quantitative estimate of drug-likeness (QED) is 0.912. The number of aliphatic hydroxyl groups is 1. The highest BCUT2D eigenvalue weighted by atomic mass is 19.1. The molecule has 20 heavy (non-hydrogen) atoms. The molecule has 1 aliphatic rings. The van der Waals surface area contributed by atoms with Crippen LogP contribution in [0.2, 0.25) is 0 Å². The zero-order chi connectivity index (χ0) is 14.1. The topological polar surface area (TPSA) is 38.7 Å². The highest BCUT2D eigenvalue weighted by Gasteiger charge is 2.29. The van der Waals surface area contributed by atoms with Gasteiger partial charge in [0.2, 0.25) is 0 Å². The maximum atomic E-state index is 13.2. The molecule has 3 rings (SSSR count). The van der Waals surface area contributed by atoms with E-state index < -0.39 is 6.10 Å². The minimum Gasteiger partial charge on any atom is -0.496 e. The Morgan fingerprint density at radius 1 is 1.20 bits per heavy atom. The number of rotatable bonds is 2. The highest BCUT2D eigenvalue weighted by Crippen LogP contribution is 2.42. The van der Waals surface area contributed by atoms with Crippen LogP contribution in [0.4, 0.5) is 4.39 Å². The number of hydrogen-bond acceptors (Lipinski definition) is 3. The monoisotopic (exact) mass is 274 g/mol. The summed E-state index contributed by atoms with van der Waals surface area (Å²) in [4.78, 5) is 0. The van der Waals surface area contributed by atoms with E-state index in [4.69, 9.17) is 9.47 Å². The molecule has 0 aliphatic carbocycles. The summed E-state index contributed by atoms with van der Waals surface area (Å²) in [6.07, 6.45) is -0.680. The first kappa shape index (κ1) is 12.9. The molecule has 104 valence electrons. The van der Waals surface area contributed by atoms with E-state index in [-0.39, 0.29) is 11.9 Å². The van der Waals surface area contributed by atoms with Crippen LogP contribution >= 0.6 is 0 Å². The van der Waals surface area contributed by atoms with E-state index in [1.54, 1.807) is 13.2 Å². The summed E-state index contributed by atoms with van der Waals surface area (Å²) >= 11 is 0. The number of benzene rings is 2. The zero-order valence-corrected chi connectivity index (χ0v) is 11.0. The summed E-state index contributed by atoms with van der Waals surface area (Å²) in [5.41, 5.74) is 1.38. The predicted octanol–water partition coefficient (Wildman–Crippen LogP) is 3.39. The van der Waals surface area contributed by atoms with Crippen LogP contribution in [0, 0.1) is 5.82 Å². The van der Waals surface area contributed by atoms with Gasteiger partial charge in [0.05, 0.1) is 13.2 Å². The summed E-state index contributed by atoms with van der Waals surface area (Å²) in [5.74, 6) is 0.860. The van der Waals surface area contributed by atoms with E-state index >= 15 is 0 Å². The predicted molar refractivity (Wildman–Crippen MR) is 72.3 cm³/mol. The minimum absolute atomic E-state index is 0.306. The van der Waals surface area contributed by atoms with E-state index in [1.807, 2.05) is 24.3 Å². The van der Waals surface area contributed by atoms with Gasteiger partial charge in [0.1, 0.15) is 23.4 Å². The average molecular weight is 274 g/mol. The number of fused-ring (bicyclic) bond motifs is 1. The van der Waals surface area contributed by atoms with Gasteiger partial charge in [0.25, 0.3) is 0 Å². The molecule has 0 bridgehead atoms. The molecule has 1 aliphatic heterocycles. The number of methoxy groups -OCH3 is 1. The molecule has 0 fully saturated rings. The smallest absolute Gasteiger partial charge is 0.130 e. The summed E-state index contributed by atoms with van der Waals surface area (Å²) in [5, 5.41) is 10.2. The molecular formula is C16H15FO3. The maximum absolute atomic E-state index is 13.2. The molecule has 0 saturated heterocycles. The van der Waals surface area contributed by atoms with Gasteiger partial charge >= 0.3 is 0 Å². The summed E-state index contributed by atoms with van der Waals surface area (Å²) in [7, 11) is 1.60. The Kier molecular flexibility index (Phi) is 3.32. The largest absolute Gasteiger partial charge is 0.496 e. The highest BCUT2D eigenvalue weighted by molar-refractivity contribution is 5.41. The number of halogens is 1. The standard InChI is InChI=1S/C16H15FO3/c1-19-14-5-3-2-4-11(14)16-9-13(18)12-8-10(17)6-7-15(12)20-16/h2-8,13,16,18H,9H2,1H3/t13-,16?/m0/s1.